The number of hydrogen-bond donors (Lipinski definition) is 1. The van der Waals surface area contributed by atoms with E-state index in [0.717, 1.165) is 25.5 Å². The van der Waals surface area contributed by atoms with Gasteiger partial charge in [-0.1, -0.05) is 6.92 Å². The maximum atomic E-state index is 12.7. The number of aromatic carboxylic acids is 1. The van der Waals surface area contributed by atoms with Crippen molar-refractivity contribution in [2.45, 2.75) is 33.1 Å². The van der Waals surface area contributed by atoms with Gasteiger partial charge in [-0.3, -0.25) is 9.59 Å². The van der Waals surface area contributed by atoms with Gasteiger partial charge in [0.1, 0.15) is 11.3 Å². The number of rotatable bonds is 2. The Balaban J connectivity index is 2.26. The normalized spacial score (nSPS) is 16.3. The first-order chi connectivity index (χ1) is 11.8. The van der Waals surface area contributed by atoms with Crippen molar-refractivity contribution in [3.05, 3.63) is 44.8 Å². The summed E-state index contributed by atoms with van der Waals surface area (Å²) in [6.45, 7) is 3.08. The largest absolute Gasteiger partial charge is 0.478 e. The zero-order valence-electron chi connectivity index (χ0n) is 13.8. The van der Waals surface area contributed by atoms with E-state index in [-0.39, 0.29) is 22.0 Å². The summed E-state index contributed by atoms with van der Waals surface area (Å²) in [6, 6.07) is 2.27. The van der Waals surface area contributed by atoms with Crippen LogP contribution in [0.5, 0.6) is 0 Å². The minimum atomic E-state index is -1.40. The molecule has 3 rings (SSSR count). The second-order valence-corrected chi connectivity index (χ2v) is 6.26. The van der Waals surface area contributed by atoms with Crippen LogP contribution in [0.15, 0.2) is 21.3 Å². The Hall–Kier alpha value is -2.96. The first-order valence-electron chi connectivity index (χ1n) is 7.86. The molecule has 130 valence electrons. The van der Waals surface area contributed by atoms with Crippen LogP contribution in [0.3, 0.4) is 0 Å². The van der Waals surface area contributed by atoms with E-state index in [2.05, 4.69) is 4.74 Å². The maximum Gasteiger partial charge on any atom is 0.346 e. The van der Waals surface area contributed by atoms with Crippen LogP contribution in [0.25, 0.3) is 11.0 Å². The number of carbonyl (C=O) groups excluding carboxylic acids is 2. The Labute approximate surface area is 142 Å². The first-order valence-corrected chi connectivity index (χ1v) is 7.86. The van der Waals surface area contributed by atoms with Crippen molar-refractivity contribution in [2.75, 3.05) is 0 Å². The number of fused-ring (bicyclic) bond motifs is 2. The standard InChI is InChI=1S/C18H16O7/c1-8-3-4-14-12(5-8)16(20)13-6-10(17(21)22)11(7-15(13)25-14)18(23)24-9(2)19/h6-8H,3-5H2,1-2H3,(H,21,22). The number of carboxylic acid groups (broad SMARTS) is 1. The van der Waals surface area contributed by atoms with Crippen LogP contribution >= 0.6 is 0 Å². The minimum Gasteiger partial charge on any atom is -0.478 e. The Kier molecular flexibility index (Phi) is 4.16. The molecule has 0 aliphatic heterocycles. The number of carbonyl (C=O) groups is 3. The van der Waals surface area contributed by atoms with Crippen LogP contribution < -0.4 is 5.43 Å². The third kappa shape index (κ3) is 3.05. The van der Waals surface area contributed by atoms with Gasteiger partial charge in [-0.2, -0.15) is 0 Å². The maximum absolute atomic E-state index is 12.7. The second-order valence-electron chi connectivity index (χ2n) is 6.26. The molecule has 1 N–H and O–H groups in total. The predicted molar refractivity (Wildman–Crippen MR) is 86.7 cm³/mol. The molecule has 7 nitrogen and oxygen atoms in total. The third-order valence-corrected chi connectivity index (χ3v) is 4.31. The average Bonchev–Trinajstić information content (AvgIpc) is 2.54. The zero-order chi connectivity index (χ0) is 18.3. The highest BCUT2D eigenvalue weighted by Crippen LogP contribution is 2.28. The quantitative estimate of drug-likeness (QED) is 0.657. The van der Waals surface area contributed by atoms with Gasteiger partial charge < -0.3 is 14.3 Å². The molecule has 0 saturated carbocycles. The molecular weight excluding hydrogens is 328 g/mol. The highest BCUT2D eigenvalue weighted by Gasteiger charge is 2.26. The number of hydrogen-bond acceptors (Lipinski definition) is 6. The van der Waals surface area contributed by atoms with E-state index in [1.54, 1.807) is 0 Å². The molecule has 1 aliphatic carbocycles. The molecule has 2 aromatic rings. The Morgan fingerprint density at radius 1 is 1.24 bits per heavy atom. The van der Waals surface area contributed by atoms with Gasteiger partial charge in [0.15, 0.2) is 5.43 Å². The van der Waals surface area contributed by atoms with E-state index in [0.29, 0.717) is 30.1 Å². The molecular formula is C18H16O7. The highest BCUT2D eigenvalue weighted by molar-refractivity contribution is 6.08. The van der Waals surface area contributed by atoms with E-state index in [9.17, 15) is 24.3 Å². The fraction of sp³-hybridized carbons (Fsp3) is 0.333. The van der Waals surface area contributed by atoms with E-state index in [4.69, 9.17) is 4.42 Å². The third-order valence-electron chi connectivity index (χ3n) is 4.31. The number of esters is 2. The molecule has 7 heteroatoms. The van der Waals surface area contributed by atoms with Gasteiger partial charge in [0, 0.05) is 18.9 Å². The number of aryl methyl sites for hydroxylation is 1. The summed E-state index contributed by atoms with van der Waals surface area (Å²) in [6.07, 6.45) is 2.06. The van der Waals surface area contributed by atoms with Crippen molar-refractivity contribution in [1.82, 2.24) is 0 Å². The zero-order valence-corrected chi connectivity index (χ0v) is 13.8. The fourth-order valence-corrected chi connectivity index (χ4v) is 3.09. The topological polar surface area (TPSA) is 111 Å². The molecule has 0 saturated heterocycles. The fourth-order valence-electron chi connectivity index (χ4n) is 3.09. The molecule has 1 atom stereocenters. The van der Waals surface area contributed by atoms with Crippen molar-refractivity contribution < 1.29 is 28.6 Å². The summed E-state index contributed by atoms with van der Waals surface area (Å²) < 4.78 is 10.2. The van der Waals surface area contributed by atoms with E-state index >= 15 is 0 Å². The summed E-state index contributed by atoms with van der Waals surface area (Å²) in [5.74, 6) is -2.45. The molecule has 1 heterocycles. The lowest BCUT2D eigenvalue weighted by molar-refractivity contribution is -0.135. The lowest BCUT2D eigenvalue weighted by Gasteiger charge is -2.20. The summed E-state index contributed by atoms with van der Waals surface area (Å²) in [5, 5.41) is 9.46. The first kappa shape index (κ1) is 16.9. The lowest BCUT2D eigenvalue weighted by atomic mass is 9.87. The van der Waals surface area contributed by atoms with Crippen molar-refractivity contribution in [1.29, 1.82) is 0 Å². The van der Waals surface area contributed by atoms with E-state index < -0.39 is 23.5 Å². The van der Waals surface area contributed by atoms with E-state index in [1.165, 1.54) is 0 Å². The van der Waals surface area contributed by atoms with Gasteiger partial charge in [0.25, 0.3) is 0 Å². The molecule has 0 bridgehead atoms. The van der Waals surface area contributed by atoms with Crippen molar-refractivity contribution in [3.8, 4) is 0 Å². The van der Waals surface area contributed by atoms with Gasteiger partial charge in [0.2, 0.25) is 0 Å². The summed E-state index contributed by atoms with van der Waals surface area (Å²) in [7, 11) is 0. The highest BCUT2D eigenvalue weighted by atomic mass is 16.6. The molecule has 1 aliphatic rings. The van der Waals surface area contributed by atoms with Gasteiger partial charge >= 0.3 is 17.9 Å². The predicted octanol–water partition coefficient (Wildman–Crippen LogP) is 2.32. The second kappa shape index (κ2) is 6.16. The molecule has 1 aromatic carbocycles. The number of ether oxygens (including phenoxy) is 1. The van der Waals surface area contributed by atoms with Crippen LogP contribution in [-0.2, 0) is 22.4 Å². The van der Waals surface area contributed by atoms with Crippen molar-refractivity contribution in [2.24, 2.45) is 5.92 Å². The van der Waals surface area contributed by atoms with Gasteiger partial charge in [0.05, 0.1) is 16.5 Å². The van der Waals surface area contributed by atoms with Crippen molar-refractivity contribution >= 4 is 28.9 Å². The smallest absolute Gasteiger partial charge is 0.346 e. The van der Waals surface area contributed by atoms with Crippen LogP contribution in [0.4, 0.5) is 0 Å². The van der Waals surface area contributed by atoms with Crippen molar-refractivity contribution in [3.63, 3.8) is 0 Å². The Morgan fingerprint density at radius 3 is 2.60 bits per heavy atom. The summed E-state index contributed by atoms with van der Waals surface area (Å²) >= 11 is 0. The van der Waals surface area contributed by atoms with Crippen LogP contribution in [0.2, 0.25) is 0 Å². The number of benzene rings is 1. The molecule has 0 radical (unpaired) electrons. The Morgan fingerprint density at radius 2 is 1.96 bits per heavy atom. The van der Waals surface area contributed by atoms with Gasteiger partial charge in [-0.25, -0.2) is 9.59 Å². The molecule has 0 spiro atoms. The molecule has 0 amide bonds. The SMILES string of the molecule is CC(=O)OC(=O)c1cc2oc3c(c(=O)c2cc1C(=O)O)CC(C)CC3. The molecule has 1 unspecified atom stereocenters. The van der Waals surface area contributed by atoms with Gasteiger partial charge in [-0.05, 0) is 30.9 Å². The Bertz CT molecular complexity index is 968. The monoisotopic (exact) mass is 344 g/mol. The molecule has 25 heavy (non-hydrogen) atoms. The van der Waals surface area contributed by atoms with Crippen LogP contribution in [-0.4, -0.2) is 23.0 Å². The average molecular weight is 344 g/mol. The summed E-state index contributed by atoms with van der Waals surface area (Å²) in [5.41, 5.74) is -0.352. The van der Waals surface area contributed by atoms with Crippen LogP contribution in [0.1, 0.15) is 52.3 Å². The lowest BCUT2D eigenvalue weighted by Crippen LogP contribution is -2.22. The minimum absolute atomic E-state index is 0.102. The van der Waals surface area contributed by atoms with E-state index in [1.807, 2.05) is 6.92 Å². The van der Waals surface area contributed by atoms with Crippen LogP contribution in [0, 0.1) is 5.92 Å². The summed E-state index contributed by atoms with van der Waals surface area (Å²) in [4.78, 5) is 47.2. The van der Waals surface area contributed by atoms with Gasteiger partial charge in [-0.15, -0.1) is 0 Å². The number of carboxylic acids is 1. The molecule has 0 fully saturated rings. The molecule has 1 aromatic heterocycles.